The third-order valence-electron chi connectivity index (χ3n) is 2.68. The molecule has 1 aliphatic carbocycles. The van der Waals surface area contributed by atoms with Gasteiger partial charge in [-0.25, -0.2) is 8.78 Å². The fourth-order valence-corrected chi connectivity index (χ4v) is 1.75. The predicted octanol–water partition coefficient (Wildman–Crippen LogP) is 4.45. The Morgan fingerprint density at radius 1 is 1.18 bits per heavy atom. The summed E-state index contributed by atoms with van der Waals surface area (Å²) in [5, 5.41) is 0. The minimum absolute atomic E-state index is 0.0151. The molecule has 17 heavy (non-hydrogen) atoms. The summed E-state index contributed by atoms with van der Waals surface area (Å²) >= 11 is 0. The number of benzene rings is 1. The van der Waals surface area contributed by atoms with Crippen LogP contribution in [-0.4, -0.2) is 12.5 Å². The van der Waals surface area contributed by atoms with Crippen LogP contribution in [0.5, 0.6) is 5.75 Å². The van der Waals surface area contributed by atoms with Gasteiger partial charge in [-0.05, 0) is 19.1 Å². The maximum atomic E-state index is 12.5. The van der Waals surface area contributed by atoms with Crippen LogP contribution in [0, 0.1) is 12.8 Å². The van der Waals surface area contributed by atoms with Crippen molar-refractivity contribution in [2.24, 2.45) is 5.92 Å². The smallest absolute Gasteiger partial charge is 0.248 e. The molecule has 0 saturated heterocycles. The van der Waals surface area contributed by atoms with Crippen molar-refractivity contribution >= 4 is 0 Å². The summed E-state index contributed by atoms with van der Waals surface area (Å²) in [4.78, 5) is 0. The summed E-state index contributed by atoms with van der Waals surface area (Å²) in [6.45, 7) is 6.40. The topological polar surface area (TPSA) is 9.23 Å². The highest BCUT2D eigenvalue weighted by molar-refractivity contribution is 5.26. The number of ether oxygens (including phenoxy) is 1. The highest BCUT2D eigenvalue weighted by atomic mass is 19.3. The van der Waals surface area contributed by atoms with Crippen molar-refractivity contribution in [1.29, 1.82) is 0 Å². The molecule has 0 atom stereocenters. The lowest BCUT2D eigenvalue weighted by Gasteiger charge is -2.34. The summed E-state index contributed by atoms with van der Waals surface area (Å²) in [7, 11) is 0. The molecule has 3 heteroatoms. The summed E-state index contributed by atoms with van der Waals surface area (Å²) in [6.07, 6.45) is -0.0578. The number of hydrogen-bond acceptors (Lipinski definition) is 1. The van der Waals surface area contributed by atoms with Crippen molar-refractivity contribution in [3.63, 3.8) is 0 Å². The highest BCUT2D eigenvalue weighted by Gasteiger charge is 2.45. The SMILES string of the molecule is CC.Cc1ccc(OCC2CC(F)(F)C2)cc1. The number of alkyl halides is 2. The van der Waals surface area contributed by atoms with Crippen LogP contribution in [0.15, 0.2) is 24.3 Å². The van der Waals surface area contributed by atoms with Gasteiger partial charge in [-0.2, -0.15) is 0 Å². The average molecular weight is 242 g/mol. The zero-order valence-corrected chi connectivity index (χ0v) is 10.7. The van der Waals surface area contributed by atoms with Crippen LogP contribution in [0.3, 0.4) is 0 Å². The summed E-state index contributed by atoms with van der Waals surface area (Å²) < 4.78 is 30.4. The number of rotatable bonds is 3. The number of hydrogen-bond donors (Lipinski definition) is 0. The summed E-state index contributed by atoms with van der Waals surface area (Å²) in [5.74, 6) is -1.67. The molecule has 0 unspecified atom stereocenters. The third-order valence-corrected chi connectivity index (χ3v) is 2.68. The molecule has 1 saturated carbocycles. The van der Waals surface area contributed by atoms with Gasteiger partial charge in [0.25, 0.3) is 0 Å². The maximum absolute atomic E-state index is 12.5. The molecule has 96 valence electrons. The fourth-order valence-electron chi connectivity index (χ4n) is 1.75. The zero-order chi connectivity index (χ0) is 12.9. The third kappa shape index (κ3) is 4.33. The molecule has 1 aliphatic rings. The molecule has 1 fully saturated rings. The lowest BCUT2D eigenvalue weighted by Crippen LogP contribution is -2.38. The molecule has 0 aromatic heterocycles. The molecule has 0 N–H and O–H groups in total. The average Bonchev–Trinajstić information content (AvgIpc) is 2.28. The normalized spacial score (nSPS) is 17.7. The molecule has 0 amide bonds. The van der Waals surface area contributed by atoms with Crippen LogP contribution in [0.25, 0.3) is 0 Å². The Morgan fingerprint density at radius 3 is 2.18 bits per heavy atom. The Labute approximate surface area is 102 Å². The first-order valence-electron chi connectivity index (χ1n) is 6.12. The van der Waals surface area contributed by atoms with E-state index in [9.17, 15) is 8.78 Å². The van der Waals surface area contributed by atoms with E-state index in [1.807, 2.05) is 45.0 Å². The van der Waals surface area contributed by atoms with E-state index in [2.05, 4.69) is 0 Å². The molecular weight excluding hydrogens is 222 g/mol. The van der Waals surface area contributed by atoms with Crippen LogP contribution in [0.1, 0.15) is 32.3 Å². The van der Waals surface area contributed by atoms with Gasteiger partial charge in [-0.1, -0.05) is 31.5 Å². The van der Waals surface area contributed by atoms with Crippen molar-refractivity contribution in [3.8, 4) is 5.75 Å². The van der Waals surface area contributed by atoms with E-state index in [0.29, 0.717) is 6.61 Å². The maximum Gasteiger partial charge on any atom is 0.248 e. The standard InChI is InChI=1S/C12H14F2O.C2H6/c1-9-2-4-11(5-3-9)15-8-10-6-12(13,14)7-10;1-2/h2-5,10H,6-8H2,1H3;1-2H3. The molecule has 0 aliphatic heterocycles. The second-order valence-corrected chi connectivity index (χ2v) is 4.25. The highest BCUT2D eigenvalue weighted by Crippen LogP contribution is 2.42. The minimum Gasteiger partial charge on any atom is -0.493 e. The zero-order valence-electron chi connectivity index (χ0n) is 10.7. The fraction of sp³-hybridized carbons (Fsp3) is 0.571. The molecule has 0 spiro atoms. The predicted molar refractivity (Wildman–Crippen MR) is 65.7 cm³/mol. The lowest BCUT2D eigenvalue weighted by molar-refractivity contribution is -0.119. The second-order valence-electron chi connectivity index (χ2n) is 4.25. The Kier molecular flexibility index (Phi) is 4.91. The largest absolute Gasteiger partial charge is 0.493 e. The Hall–Kier alpha value is -1.12. The Balaban J connectivity index is 0.000000686. The van der Waals surface area contributed by atoms with Crippen LogP contribution >= 0.6 is 0 Å². The molecule has 1 aromatic carbocycles. The first kappa shape index (κ1) is 13.9. The van der Waals surface area contributed by atoms with Gasteiger partial charge in [0.05, 0.1) is 6.61 Å². The van der Waals surface area contributed by atoms with Crippen molar-refractivity contribution in [1.82, 2.24) is 0 Å². The van der Waals surface area contributed by atoms with Crippen LogP contribution < -0.4 is 4.74 Å². The van der Waals surface area contributed by atoms with Gasteiger partial charge < -0.3 is 4.74 Å². The van der Waals surface area contributed by atoms with Gasteiger partial charge in [0.15, 0.2) is 0 Å². The van der Waals surface area contributed by atoms with Crippen molar-refractivity contribution in [3.05, 3.63) is 29.8 Å². The van der Waals surface area contributed by atoms with E-state index in [0.717, 1.165) is 11.3 Å². The molecule has 0 radical (unpaired) electrons. The van der Waals surface area contributed by atoms with E-state index < -0.39 is 5.92 Å². The monoisotopic (exact) mass is 242 g/mol. The van der Waals surface area contributed by atoms with Crippen molar-refractivity contribution < 1.29 is 13.5 Å². The first-order valence-corrected chi connectivity index (χ1v) is 6.12. The van der Waals surface area contributed by atoms with Crippen molar-refractivity contribution in [2.45, 2.75) is 39.5 Å². The molecule has 0 heterocycles. The Morgan fingerprint density at radius 2 is 1.71 bits per heavy atom. The van der Waals surface area contributed by atoms with E-state index in [-0.39, 0.29) is 18.8 Å². The molecule has 2 rings (SSSR count). The number of aryl methyl sites for hydroxylation is 1. The number of halogens is 2. The molecule has 0 bridgehead atoms. The lowest BCUT2D eigenvalue weighted by atomic mass is 9.82. The minimum atomic E-state index is -2.44. The van der Waals surface area contributed by atoms with Crippen LogP contribution in [0.4, 0.5) is 8.78 Å². The van der Waals surface area contributed by atoms with E-state index >= 15 is 0 Å². The summed E-state index contributed by atoms with van der Waals surface area (Å²) in [5.41, 5.74) is 1.16. The van der Waals surface area contributed by atoms with Gasteiger partial charge in [0.2, 0.25) is 5.92 Å². The molecule has 1 nitrogen and oxygen atoms in total. The van der Waals surface area contributed by atoms with Gasteiger partial charge in [-0.3, -0.25) is 0 Å². The van der Waals surface area contributed by atoms with Crippen LogP contribution in [0.2, 0.25) is 0 Å². The van der Waals surface area contributed by atoms with Gasteiger partial charge in [0.1, 0.15) is 5.75 Å². The van der Waals surface area contributed by atoms with E-state index in [4.69, 9.17) is 4.74 Å². The van der Waals surface area contributed by atoms with Crippen LogP contribution in [-0.2, 0) is 0 Å². The van der Waals surface area contributed by atoms with E-state index in [1.54, 1.807) is 0 Å². The van der Waals surface area contributed by atoms with Gasteiger partial charge >= 0.3 is 0 Å². The second kappa shape index (κ2) is 5.99. The van der Waals surface area contributed by atoms with Gasteiger partial charge in [0, 0.05) is 18.8 Å². The Bertz CT molecular complexity index is 325. The summed E-state index contributed by atoms with van der Waals surface area (Å²) in [6, 6.07) is 7.63. The van der Waals surface area contributed by atoms with Gasteiger partial charge in [-0.15, -0.1) is 0 Å². The molecular formula is C14H20F2O. The van der Waals surface area contributed by atoms with E-state index in [1.165, 1.54) is 0 Å². The first-order chi connectivity index (χ1) is 8.05. The molecule has 1 aromatic rings. The van der Waals surface area contributed by atoms with Crippen molar-refractivity contribution in [2.75, 3.05) is 6.61 Å². The quantitative estimate of drug-likeness (QED) is 0.761.